The fourth-order valence-corrected chi connectivity index (χ4v) is 2.82. The molecule has 0 saturated carbocycles. The zero-order chi connectivity index (χ0) is 13.4. The predicted octanol–water partition coefficient (Wildman–Crippen LogP) is 1.65. The fraction of sp³-hybridized carbons (Fsp3) is 0.929. The summed E-state index contributed by atoms with van der Waals surface area (Å²) < 4.78 is 4.96. The lowest BCUT2D eigenvalue weighted by Crippen LogP contribution is -2.48. The van der Waals surface area contributed by atoms with Crippen LogP contribution in [-0.2, 0) is 9.53 Å². The maximum absolute atomic E-state index is 11.9. The van der Waals surface area contributed by atoms with E-state index < -0.39 is 0 Å². The number of nitrogens with one attached hydrogen (secondary N) is 1. The van der Waals surface area contributed by atoms with E-state index in [2.05, 4.69) is 17.1 Å². The maximum Gasteiger partial charge on any atom is 0.323 e. The first kappa shape index (κ1) is 15.4. The summed E-state index contributed by atoms with van der Waals surface area (Å²) in [6.07, 6.45) is 5.59. The number of nitrogens with zero attached hydrogens (tertiary/aromatic N) is 1. The summed E-state index contributed by atoms with van der Waals surface area (Å²) in [5.74, 6) is 0.603. The molecule has 0 amide bonds. The number of rotatable bonds is 7. The van der Waals surface area contributed by atoms with Crippen molar-refractivity contribution in [3.05, 3.63) is 0 Å². The second kappa shape index (κ2) is 8.48. The van der Waals surface area contributed by atoms with Gasteiger partial charge in [-0.1, -0.05) is 19.8 Å². The summed E-state index contributed by atoms with van der Waals surface area (Å²) >= 11 is 0. The molecule has 1 N–H and O–H groups in total. The van der Waals surface area contributed by atoms with Crippen molar-refractivity contribution in [1.82, 2.24) is 10.2 Å². The van der Waals surface area contributed by atoms with Gasteiger partial charge in [0.15, 0.2) is 0 Å². The molecular weight excluding hydrogens is 228 g/mol. The van der Waals surface area contributed by atoms with E-state index in [1.807, 2.05) is 7.05 Å². The number of hydrogen-bond acceptors (Lipinski definition) is 4. The van der Waals surface area contributed by atoms with Gasteiger partial charge in [0, 0.05) is 6.54 Å². The zero-order valence-corrected chi connectivity index (χ0v) is 12.1. The van der Waals surface area contributed by atoms with Crippen LogP contribution in [0.4, 0.5) is 0 Å². The van der Waals surface area contributed by atoms with Crippen LogP contribution in [0, 0.1) is 5.92 Å². The Bertz CT molecular complexity index is 244. The van der Waals surface area contributed by atoms with Crippen molar-refractivity contribution in [2.24, 2.45) is 5.92 Å². The topological polar surface area (TPSA) is 41.6 Å². The number of ether oxygens (including phenoxy) is 1. The van der Waals surface area contributed by atoms with Gasteiger partial charge in [0.2, 0.25) is 0 Å². The van der Waals surface area contributed by atoms with Crippen LogP contribution in [0.1, 0.15) is 39.0 Å². The number of unbranched alkanes of at least 4 members (excludes halogenated alkanes) is 1. The lowest BCUT2D eigenvalue weighted by molar-refractivity contribution is -0.148. The summed E-state index contributed by atoms with van der Waals surface area (Å²) in [6.45, 7) is 5.25. The average molecular weight is 256 g/mol. The van der Waals surface area contributed by atoms with Gasteiger partial charge in [-0.15, -0.1) is 0 Å². The molecule has 0 aromatic carbocycles. The summed E-state index contributed by atoms with van der Waals surface area (Å²) in [5.41, 5.74) is 0. The van der Waals surface area contributed by atoms with Gasteiger partial charge in [-0.2, -0.15) is 0 Å². The van der Waals surface area contributed by atoms with E-state index in [4.69, 9.17) is 4.74 Å². The quantitative estimate of drug-likeness (QED) is 0.703. The number of carbonyl (C=O) groups is 1. The van der Waals surface area contributed by atoms with Crippen molar-refractivity contribution in [3.8, 4) is 0 Å². The second-order valence-corrected chi connectivity index (χ2v) is 5.24. The molecule has 1 rings (SSSR count). The zero-order valence-electron chi connectivity index (χ0n) is 12.1. The molecule has 2 unspecified atom stereocenters. The van der Waals surface area contributed by atoms with Crippen molar-refractivity contribution in [1.29, 1.82) is 0 Å². The van der Waals surface area contributed by atoms with Crippen LogP contribution in [0.15, 0.2) is 0 Å². The summed E-state index contributed by atoms with van der Waals surface area (Å²) in [4.78, 5) is 14.2. The van der Waals surface area contributed by atoms with Gasteiger partial charge in [-0.25, -0.2) is 0 Å². The molecule has 1 aliphatic rings. The second-order valence-electron chi connectivity index (χ2n) is 5.24. The largest absolute Gasteiger partial charge is 0.468 e. The van der Waals surface area contributed by atoms with Gasteiger partial charge in [-0.05, 0) is 45.3 Å². The SMILES string of the molecule is CCCCC(C(=O)OC)N1CCCC(CNC)C1. The van der Waals surface area contributed by atoms with E-state index >= 15 is 0 Å². The van der Waals surface area contributed by atoms with E-state index in [0.717, 1.165) is 38.9 Å². The lowest BCUT2D eigenvalue weighted by Gasteiger charge is -2.37. The van der Waals surface area contributed by atoms with Crippen LogP contribution >= 0.6 is 0 Å². The van der Waals surface area contributed by atoms with E-state index in [1.165, 1.54) is 20.0 Å². The number of esters is 1. The van der Waals surface area contributed by atoms with Crippen LogP contribution in [-0.4, -0.2) is 50.7 Å². The fourth-order valence-electron chi connectivity index (χ4n) is 2.82. The number of likely N-dealkylation sites (tertiary alicyclic amines) is 1. The Hall–Kier alpha value is -0.610. The third-order valence-corrected chi connectivity index (χ3v) is 3.79. The highest BCUT2D eigenvalue weighted by Crippen LogP contribution is 2.21. The Labute approximate surface area is 111 Å². The molecule has 18 heavy (non-hydrogen) atoms. The normalized spacial score (nSPS) is 22.7. The molecule has 1 saturated heterocycles. The van der Waals surface area contributed by atoms with Crippen molar-refractivity contribution in [2.45, 2.75) is 45.1 Å². The highest BCUT2D eigenvalue weighted by molar-refractivity contribution is 5.75. The molecule has 0 radical (unpaired) electrons. The summed E-state index contributed by atoms with van der Waals surface area (Å²) in [7, 11) is 3.49. The predicted molar refractivity (Wildman–Crippen MR) is 73.6 cm³/mol. The Morgan fingerprint density at radius 1 is 1.56 bits per heavy atom. The first-order chi connectivity index (χ1) is 8.72. The Balaban J connectivity index is 2.56. The third kappa shape index (κ3) is 4.58. The Morgan fingerprint density at radius 2 is 2.33 bits per heavy atom. The molecule has 2 atom stereocenters. The van der Waals surface area contributed by atoms with Gasteiger partial charge in [-0.3, -0.25) is 9.69 Å². The van der Waals surface area contributed by atoms with E-state index in [1.54, 1.807) is 0 Å². The van der Waals surface area contributed by atoms with Crippen LogP contribution in [0.5, 0.6) is 0 Å². The molecular formula is C14H28N2O2. The van der Waals surface area contributed by atoms with Gasteiger partial charge in [0.1, 0.15) is 6.04 Å². The highest BCUT2D eigenvalue weighted by Gasteiger charge is 2.30. The first-order valence-electron chi connectivity index (χ1n) is 7.19. The van der Waals surface area contributed by atoms with Crippen LogP contribution < -0.4 is 5.32 Å². The molecule has 0 aromatic rings. The van der Waals surface area contributed by atoms with Crippen LogP contribution in [0.2, 0.25) is 0 Å². The maximum atomic E-state index is 11.9. The number of piperidine rings is 1. The van der Waals surface area contributed by atoms with E-state index in [0.29, 0.717) is 5.92 Å². The van der Waals surface area contributed by atoms with Crippen LogP contribution in [0.25, 0.3) is 0 Å². The molecule has 0 aliphatic carbocycles. The van der Waals surface area contributed by atoms with Crippen molar-refractivity contribution in [3.63, 3.8) is 0 Å². The van der Waals surface area contributed by atoms with Gasteiger partial charge in [0.25, 0.3) is 0 Å². The molecule has 0 spiro atoms. The molecule has 106 valence electrons. The summed E-state index contributed by atoms with van der Waals surface area (Å²) in [5, 5.41) is 3.24. The first-order valence-corrected chi connectivity index (χ1v) is 7.19. The van der Waals surface area contributed by atoms with Gasteiger partial charge >= 0.3 is 5.97 Å². The molecule has 0 bridgehead atoms. The van der Waals surface area contributed by atoms with E-state index in [9.17, 15) is 4.79 Å². The van der Waals surface area contributed by atoms with Gasteiger partial charge in [0.05, 0.1) is 7.11 Å². The third-order valence-electron chi connectivity index (χ3n) is 3.79. The number of carbonyl (C=O) groups excluding carboxylic acids is 1. The van der Waals surface area contributed by atoms with Crippen LogP contribution in [0.3, 0.4) is 0 Å². The summed E-state index contributed by atoms with van der Waals surface area (Å²) in [6, 6.07) is -0.0328. The number of methoxy groups -OCH3 is 1. The minimum Gasteiger partial charge on any atom is -0.468 e. The smallest absolute Gasteiger partial charge is 0.323 e. The standard InChI is InChI=1S/C14H28N2O2/c1-4-5-8-13(14(17)18-3)16-9-6-7-12(11-16)10-15-2/h12-13,15H,4-11H2,1-3H3. The number of hydrogen-bond donors (Lipinski definition) is 1. The minimum absolute atomic E-state index is 0.0328. The molecule has 4 heteroatoms. The average Bonchev–Trinajstić information content (AvgIpc) is 2.39. The van der Waals surface area contributed by atoms with Crippen molar-refractivity contribution in [2.75, 3.05) is 33.8 Å². The molecule has 1 heterocycles. The van der Waals surface area contributed by atoms with Crippen molar-refractivity contribution >= 4 is 5.97 Å². The lowest BCUT2D eigenvalue weighted by atomic mass is 9.95. The van der Waals surface area contributed by atoms with E-state index in [-0.39, 0.29) is 12.0 Å². The van der Waals surface area contributed by atoms with Crippen molar-refractivity contribution < 1.29 is 9.53 Å². The molecule has 1 fully saturated rings. The highest BCUT2D eigenvalue weighted by atomic mass is 16.5. The monoisotopic (exact) mass is 256 g/mol. The minimum atomic E-state index is -0.0615. The molecule has 1 aliphatic heterocycles. The Morgan fingerprint density at radius 3 is 2.94 bits per heavy atom. The Kier molecular flexibility index (Phi) is 7.28. The van der Waals surface area contributed by atoms with Gasteiger partial charge < -0.3 is 10.1 Å². The molecule has 4 nitrogen and oxygen atoms in total. The molecule has 0 aromatic heterocycles.